The van der Waals surface area contributed by atoms with Crippen LogP contribution in [0.4, 0.5) is 5.95 Å². The molecular weight excluding hydrogens is 438 g/mol. The number of phenolic OH excluding ortho intramolecular Hbond substituents is 1. The van der Waals surface area contributed by atoms with Crippen LogP contribution >= 0.6 is 0 Å². The third-order valence-electron chi connectivity index (χ3n) is 6.24. The minimum absolute atomic E-state index is 0.0316. The molecule has 4 N–H and O–H groups in total. The maximum absolute atomic E-state index is 10.4. The Balaban J connectivity index is 1.68. The highest BCUT2D eigenvalue weighted by Gasteiger charge is 2.25. The molecule has 4 aromatic rings. The zero-order chi connectivity index (χ0) is 24.7. The Hall–Kier alpha value is -4.20. The van der Waals surface area contributed by atoms with Crippen molar-refractivity contribution in [3.05, 3.63) is 66.1 Å². The normalized spacial score (nSPS) is 15.8. The second-order valence-electron chi connectivity index (χ2n) is 9.87. The number of hydrogen-bond acceptors (Lipinski definition) is 7. The molecule has 0 saturated heterocycles. The van der Waals surface area contributed by atoms with Crippen LogP contribution in [-0.2, 0) is 12.0 Å². The van der Waals surface area contributed by atoms with Crippen molar-refractivity contribution in [2.24, 2.45) is 4.99 Å². The van der Waals surface area contributed by atoms with Crippen LogP contribution in [0, 0.1) is 0 Å². The number of rotatable bonds is 4. The molecule has 1 atom stereocenters. The quantitative estimate of drug-likeness (QED) is 0.403. The third kappa shape index (κ3) is 4.35. The number of nitrogen functional groups attached to an aromatic ring is 1. The Morgan fingerprint density at radius 1 is 1.06 bits per heavy atom. The van der Waals surface area contributed by atoms with Gasteiger partial charge in [-0.25, -0.2) is 15.0 Å². The molecule has 0 radical (unpaired) electrons. The summed E-state index contributed by atoms with van der Waals surface area (Å²) in [6, 6.07) is 11.7. The molecule has 1 aliphatic rings. The van der Waals surface area contributed by atoms with Crippen LogP contribution in [0.2, 0.25) is 0 Å². The highest BCUT2D eigenvalue weighted by atomic mass is 16.3. The van der Waals surface area contributed by atoms with Crippen molar-refractivity contribution in [1.82, 2.24) is 24.8 Å². The van der Waals surface area contributed by atoms with Gasteiger partial charge in [0.05, 0.1) is 23.4 Å². The fourth-order valence-corrected chi connectivity index (χ4v) is 4.49. The van der Waals surface area contributed by atoms with E-state index in [2.05, 4.69) is 58.6 Å². The lowest BCUT2D eigenvalue weighted by atomic mass is 9.95. The molecular formula is C27H29N7O. The molecule has 1 aliphatic heterocycles. The Morgan fingerprint density at radius 2 is 1.83 bits per heavy atom. The lowest BCUT2D eigenvalue weighted by Crippen LogP contribution is -2.23. The highest BCUT2D eigenvalue weighted by molar-refractivity contribution is 5.86. The lowest BCUT2D eigenvalue weighted by Gasteiger charge is -2.26. The predicted octanol–water partition coefficient (Wildman–Crippen LogP) is 4.65. The zero-order valence-corrected chi connectivity index (χ0v) is 20.3. The van der Waals surface area contributed by atoms with Crippen molar-refractivity contribution in [2.45, 2.75) is 45.7 Å². The van der Waals surface area contributed by atoms with Gasteiger partial charge < -0.3 is 20.7 Å². The van der Waals surface area contributed by atoms with Gasteiger partial charge in [0.25, 0.3) is 0 Å². The second-order valence-corrected chi connectivity index (χ2v) is 9.87. The van der Waals surface area contributed by atoms with Gasteiger partial charge in [-0.3, -0.25) is 4.99 Å². The molecule has 178 valence electrons. The van der Waals surface area contributed by atoms with E-state index in [4.69, 9.17) is 10.7 Å². The van der Waals surface area contributed by atoms with E-state index in [9.17, 15) is 5.11 Å². The van der Waals surface area contributed by atoms with E-state index in [0.717, 1.165) is 44.7 Å². The van der Waals surface area contributed by atoms with Crippen LogP contribution in [0.3, 0.4) is 0 Å². The average molecular weight is 468 g/mol. The average Bonchev–Trinajstić information content (AvgIpc) is 3.21. The Labute approximate surface area is 204 Å². The third-order valence-corrected chi connectivity index (χ3v) is 6.24. The molecule has 35 heavy (non-hydrogen) atoms. The topological polar surface area (TPSA) is 114 Å². The number of fused-ring (bicyclic) bond motifs is 1. The van der Waals surface area contributed by atoms with E-state index < -0.39 is 0 Å². The van der Waals surface area contributed by atoms with Crippen molar-refractivity contribution in [2.75, 3.05) is 5.73 Å². The first-order valence-electron chi connectivity index (χ1n) is 11.6. The number of phenols is 1. The Morgan fingerprint density at radius 3 is 2.54 bits per heavy atom. The van der Waals surface area contributed by atoms with Crippen molar-refractivity contribution in [1.29, 1.82) is 0 Å². The van der Waals surface area contributed by atoms with Gasteiger partial charge in [0, 0.05) is 35.3 Å². The van der Waals surface area contributed by atoms with Crippen molar-refractivity contribution in [3.8, 4) is 28.3 Å². The molecule has 2 aromatic heterocycles. The van der Waals surface area contributed by atoms with Gasteiger partial charge in [-0.1, -0.05) is 12.1 Å². The van der Waals surface area contributed by atoms with Gasteiger partial charge in [-0.05, 0) is 75.1 Å². The molecule has 1 unspecified atom stereocenters. The van der Waals surface area contributed by atoms with Crippen LogP contribution in [0.15, 0.2) is 65.6 Å². The number of nitrogens with zero attached hydrogens (tertiary/aromatic N) is 5. The first kappa shape index (κ1) is 22.6. The van der Waals surface area contributed by atoms with E-state index in [1.807, 2.05) is 24.4 Å². The lowest BCUT2D eigenvalue weighted by molar-refractivity contribution is 0.412. The molecule has 0 fully saturated rings. The van der Waals surface area contributed by atoms with Crippen LogP contribution in [0.5, 0.6) is 5.75 Å². The molecule has 8 nitrogen and oxygen atoms in total. The molecule has 0 spiro atoms. The molecule has 8 heteroatoms. The molecule has 0 bridgehead atoms. The fraction of sp³-hybridized carbons (Fsp3) is 0.259. The standard InChI is InChI=1S/C27H29N7O/c1-16-12-29-15-32-22(16)10-18-5-7-20(35)11-21(18)25-33-23-9-17(19-13-30-26(28)31-14-19)6-8-24(23)34(25)27(2,3)4/h5-9,11-15,22,35H,10H2,1-4H3,(H,29,32)(H2,28,30,31). The van der Waals surface area contributed by atoms with E-state index in [-0.39, 0.29) is 23.3 Å². The maximum atomic E-state index is 10.4. The van der Waals surface area contributed by atoms with E-state index in [0.29, 0.717) is 6.42 Å². The molecule has 2 aromatic carbocycles. The van der Waals surface area contributed by atoms with Gasteiger partial charge >= 0.3 is 0 Å². The van der Waals surface area contributed by atoms with Gasteiger partial charge in [0.1, 0.15) is 11.6 Å². The van der Waals surface area contributed by atoms with Gasteiger partial charge in [0.2, 0.25) is 5.95 Å². The van der Waals surface area contributed by atoms with E-state index in [1.165, 1.54) is 0 Å². The number of nitrogens with two attached hydrogens (primary N) is 1. The van der Waals surface area contributed by atoms with Gasteiger partial charge in [0.15, 0.2) is 0 Å². The summed E-state index contributed by atoms with van der Waals surface area (Å²) in [5.41, 5.74) is 12.2. The van der Waals surface area contributed by atoms with Crippen molar-refractivity contribution < 1.29 is 5.11 Å². The zero-order valence-electron chi connectivity index (χ0n) is 20.3. The minimum atomic E-state index is -0.249. The first-order chi connectivity index (χ1) is 16.7. The highest BCUT2D eigenvalue weighted by Crippen LogP contribution is 2.36. The fourth-order valence-electron chi connectivity index (χ4n) is 4.49. The van der Waals surface area contributed by atoms with Crippen LogP contribution in [0.25, 0.3) is 33.5 Å². The minimum Gasteiger partial charge on any atom is -0.508 e. The van der Waals surface area contributed by atoms with Crippen LogP contribution in [0.1, 0.15) is 33.3 Å². The van der Waals surface area contributed by atoms with E-state index in [1.54, 1.807) is 30.9 Å². The molecule has 3 heterocycles. The van der Waals surface area contributed by atoms with E-state index >= 15 is 0 Å². The van der Waals surface area contributed by atoms with Crippen molar-refractivity contribution in [3.63, 3.8) is 0 Å². The molecule has 0 amide bonds. The number of aliphatic imine (C=N–C) groups is 1. The number of aromatic hydroxyl groups is 1. The number of aromatic nitrogens is 4. The summed E-state index contributed by atoms with van der Waals surface area (Å²) in [5, 5.41) is 13.5. The van der Waals surface area contributed by atoms with Crippen molar-refractivity contribution >= 4 is 23.3 Å². The number of anilines is 1. The number of benzene rings is 2. The molecule has 5 rings (SSSR count). The first-order valence-corrected chi connectivity index (χ1v) is 11.6. The maximum Gasteiger partial charge on any atom is 0.219 e. The van der Waals surface area contributed by atoms with Crippen LogP contribution < -0.4 is 11.1 Å². The van der Waals surface area contributed by atoms with Gasteiger partial charge in [-0.15, -0.1) is 0 Å². The Bertz CT molecular complexity index is 1460. The van der Waals surface area contributed by atoms with Crippen LogP contribution in [-0.4, -0.2) is 37.0 Å². The SMILES string of the molecule is CC1=CNC=NC1Cc1ccc(O)cc1-c1nc2cc(-c3cnc(N)nc3)ccc2n1C(C)(C)C. The molecule has 0 aliphatic carbocycles. The number of imidazole rings is 1. The Kier molecular flexibility index (Phi) is 5.51. The summed E-state index contributed by atoms with van der Waals surface area (Å²) >= 11 is 0. The number of nitrogens with one attached hydrogen (secondary N) is 1. The number of hydrogen-bond donors (Lipinski definition) is 3. The summed E-state index contributed by atoms with van der Waals surface area (Å²) in [5.74, 6) is 1.26. The monoisotopic (exact) mass is 467 g/mol. The predicted molar refractivity (Wildman–Crippen MR) is 140 cm³/mol. The summed E-state index contributed by atoms with van der Waals surface area (Å²) in [6.45, 7) is 8.55. The summed E-state index contributed by atoms with van der Waals surface area (Å²) in [6.07, 6.45) is 7.84. The smallest absolute Gasteiger partial charge is 0.219 e. The van der Waals surface area contributed by atoms with Gasteiger partial charge in [-0.2, -0.15) is 0 Å². The summed E-state index contributed by atoms with van der Waals surface area (Å²) < 4.78 is 2.23. The second kappa shape index (κ2) is 8.54. The molecule has 0 saturated carbocycles. The summed E-state index contributed by atoms with van der Waals surface area (Å²) in [7, 11) is 0. The summed E-state index contributed by atoms with van der Waals surface area (Å²) in [4.78, 5) is 17.9. The largest absolute Gasteiger partial charge is 0.508 e.